The number of aromatic nitrogens is 12. The largest absolute Gasteiger partial charge is 0.534 e. The van der Waals surface area contributed by atoms with Gasteiger partial charge in [-0.3, -0.25) is 19.2 Å². The number of aromatic hydroxyl groups is 1. The maximum atomic E-state index is 13.7. The minimum absolute atomic E-state index is 0.0604. The predicted molar refractivity (Wildman–Crippen MR) is 459 cm³/mol. The lowest BCUT2D eigenvalue weighted by Gasteiger charge is -2.19. The third-order valence-corrected chi connectivity index (χ3v) is 19.4. The van der Waals surface area contributed by atoms with E-state index >= 15 is 0 Å². The van der Waals surface area contributed by atoms with E-state index in [1.54, 1.807) is 65.1 Å². The van der Waals surface area contributed by atoms with E-state index < -0.39 is 83.9 Å². The summed E-state index contributed by atoms with van der Waals surface area (Å²) in [5.74, 6) is -3.54. The molecule has 0 aliphatic rings. The van der Waals surface area contributed by atoms with Gasteiger partial charge in [-0.2, -0.15) is 21.6 Å². The Hall–Kier alpha value is -15.5. The van der Waals surface area contributed by atoms with Gasteiger partial charge in [-0.25, -0.2) is 54.3 Å². The van der Waals surface area contributed by atoms with E-state index in [9.17, 15) is 60.3 Å². The molecule has 0 atom stereocenters. The van der Waals surface area contributed by atoms with Crippen molar-refractivity contribution in [3.05, 3.63) is 315 Å². The molecule has 6 aromatic carbocycles. The van der Waals surface area contributed by atoms with Gasteiger partial charge in [-0.05, 0) is 82.9 Å². The van der Waals surface area contributed by atoms with Gasteiger partial charge in [0.2, 0.25) is 0 Å². The average Bonchev–Trinajstić information content (AvgIpc) is 0.816. The molecular weight excluding hydrogens is 1690 g/mol. The molecule has 14 rings (SSSR count). The molecule has 0 aliphatic carbocycles. The highest BCUT2D eigenvalue weighted by Gasteiger charge is 2.50. The zero-order chi connectivity index (χ0) is 91.6. The van der Waals surface area contributed by atoms with Crippen LogP contribution in [0.15, 0.2) is 220 Å². The molecule has 666 valence electrons. The summed E-state index contributed by atoms with van der Waals surface area (Å²) in [5.41, 5.74) is -3.11. The van der Waals surface area contributed by atoms with Gasteiger partial charge in [0.05, 0.1) is 75.5 Å². The molecule has 0 fully saturated rings. The molecular formula is C88H85F3N14O22S. The van der Waals surface area contributed by atoms with Crippen LogP contribution in [0.4, 0.5) is 24.5 Å². The van der Waals surface area contributed by atoms with Crippen LogP contribution in [-0.2, 0) is 73.3 Å². The van der Waals surface area contributed by atoms with Gasteiger partial charge in [0.25, 0.3) is 5.56 Å². The highest BCUT2D eigenvalue weighted by atomic mass is 32.2. The molecule has 0 radical (unpaired) electrons. The number of halogens is 3. The van der Waals surface area contributed by atoms with Crippen LogP contribution in [0.3, 0.4) is 0 Å². The average molecular weight is 1780 g/mol. The van der Waals surface area contributed by atoms with Gasteiger partial charge in [0, 0.05) is 44.5 Å². The number of alkyl halides is 3. The van der Waals surface area contributed by atoms with Gasteiger partial charge in [-0.15, -0.1) is 18.9 Å². The van der Waals surface area contributed by atoms with Gasteiger partial charge >= 0.3 is 50.2 Å². The highest BCUT2D eigenvalue weighted by molar-refractivity contribution is 7.88. The summed E-state index contributed by atoms with van der Waals surface area (Å²) in [7, 11) is -3.16. The Kier molecular flexibility index (Phi) is 31.9. The van der Waals surface area contributed by atoms with Crippen molar-refractivity contribution < 1.29 is 97.8 Å². The third-order valence-electron chi connectivity index (χ3n) is 18.5. The summed E-state index contributed by atoms with van der Waals surface area (Å²) < 4.78 is 107. The number of esters is 3. The summed E-state index contributed by atoms with van der Waals surface area (Å²) in [6.45, 7) is 12.3. The number of anilines is 2. The van der Waals surface area contributed by atoms with Crippen molar-refractivity contribution in [2.24, 2.45) is 0 Å². The number of hydrogen-bond donors (Lipinski definition) is 3. The van der Waals surface area contributed by atoms with E-state index in [1.807, 2.05) is 146 Å². The highest BCUT2D eigenvalue weighted by Crippen LogP contribution is 2.36. The first-order valence-electron chi connectivity index (χ1n) is 39.1. The van der Waals surface area contributed by atoms with E-state index in [4.69, 9.17) is 52.5 Å². The third kappa shape index (κ3) is 22.4. The molecule has 0 amide bonds. The number of aryl methyl sites for hydroxylation is 4. The Labute approximate surface area is 726 Å². The van der Waals surface area contributed by atoms with E-state index in [2.05, 4.69) is 54.7 Å². The summed E-state index contributed by atoms with van der Waals surface area (Å²) in [6, 6.07) is 53.3. The molecule has 0 unspecified atom stereocenters. The number of nitrogens with one attached hydrogen (secondary N) is 2. The Morgan fingerprint density at radius 3 is 1.18 bits per heavy atom. The number of rotatable bonds is 32. The fourth-order valence-corrected chi connectivity index (χ4v) is 13.0. The molecule has 8 aromatic heterocycles. The lowest BCUT2D eigenvalue weighted by Crippen LogP contribution is -2.35. The minimum Gasteiger partial charge on any atom is -0.506 e. The number of carbonyl (C=O) groups excluding carboxylic acids is 3. The monoisotopic (exact) mass is 1780 g/mol. The predicted octanol–water partition coefficient (Wildman–Crippen LogP) is 10.6. The molecule has 14 aromatic rings. The fourth-order valence-electron chi connectivity index (χ4n) is 12.5. The smallest absolute Gasteiger partial charge is 0.506 e. The van der Waals surface area contributed by atoms with Gasteiger partial charge in [0.15, 0.2) is 58.6 Å². The quantitative estimate of drug-likeness (QED) is 0.0116. The lowest BCUT2D eigenvalue weighted by molar-refractivity contribution is -0.0500. The minimum atomic E-state index is -6.27. The number of methoxy groups -OCH3 is 2. The molecule has 0 saturated heterocycles. The lowest BCUT2D eigenvalue weighted by atomic mass is 10.1. The van der Waals surface area contributed by atoms with Crippen molar-refractivity contribution in [2.45, 2.75) is 93.5 Å². The van der Waals surface area contributed by atoms with Crippen molar-refractivity contribution in [1.82, 2.24) is 58.8 Å². The molecule has 36 nitrogen and oxygen atoms in total. The number of ether oxygens (including phenoxy) is 7. The zero-order valence-electron chi connectivity index (χ0n) is 70.3. The van der Waals surface area contributed by atoms with Crippen molar-refractivity contribution in [1.29, 1.82) is 0 Å². The van der Waals surface area contributed by atoms with Crippen molar-refractivity contribution in [3.63, 3.8) is 0 Å². The van der Waals surface area contributed by atoms with Crippen molar-refractivity contribution >= 4 is 83.5 Å². The van der Waals surface area contributed by atoms with Crippen molar-refractivity contribution in [2.75, 3.05) is 58.3 Å². The fraction of sp³-hybridized carbons (Fsp3) is 0.239. The number of nitrogens with zero attached hydrogens (tertiary/aromatic N) is 12. The maximum Gasteiger partial charge on any atom is 0.534 e. The van der Waals surface area contributed by atoms with Crippen LogP contribution in [0.2, 0.25) is 0 Å². The molecule has 0 saturated carbocycles. The summed E-state index contributed by atoms with van der Waals surface area (Å²) in [6.07, 6.45) is 5.01. The van der Waals surface area contributed by atoms with Crippen LogP contribution >= 0.6 is 0 Å². The molecule has 0 spiro atoms. The second kappa shape index (κ2) is 43.7. The summed E-state index contributed by atoms with van der Waals surface area (Å²) in [5, 5.41) is 17.9. The number of benzene rings is 6. The first-order valence-corrected chi connectivity index (χ1v) is 40.5. The summed E-state index contributed by atoms with van der Waals surface area (Å²) in [4.78, 5) is 146. The van der Waals surface area contributed by atoms with Crippen LogP contribution in [0.1, 0.15) is 108 Å². The standard InChI is InChI=1S/C27H28N4O6.C24H24N4O4.C19H16F3N3O7S.C18H17N3O5/c1-4-35-27(33)23-24(28-14-20-12-8-9-13-21(20)36-17-34-3)22-18(2)29-16-30-25(22)31(26(23)32)37-15-19-10-6-5-7-11-19;1-17-23-20(25-13-19-10-6-7-11-21(19)31-16-30-2)12-22(29)28(24(23)27-15-26-17)32-14-18-8-4-3-5-9-18;1-3-30-18(27)14-15(32-33(28,29)19(20,21)22)13-11(2)23-10-24-16(13)25(17(14)26)31-9-12-7-5-4-6-8-12;1-3-25-18(24)14-15(22)13-11(2)19-10-20-16(13)21(17(14)23)26-9-12-7-5-4-6-8-12/h5-13,16,28H,4,14-15,17H2,1-3H3;3-12,15,25H,13-14,16H2,1-2H3;4-8,10H,3,9H2,1-2H3;4-8,10,22H,3,9H2,1-2H3. The Morgan fingerprint density at radius 1 is 0.422 bits per heavy atom. The van der Waals surface area contributed by atoms with E-state index in [0.717, 1.165) is 54.7 Å². The number of fused-ring (bicyclic) bond motifs is 4. The van der Waals surface area contributed by atoms with Gasteiger partial charge < -0.3 is 72.4 Å². The topological polar surface area (TPSA) is 432 Å². The van der Waals surface area contributed by atoms with Crippen LogP contribution in [0.25, 0.3) is 44.1 Å². The van der Waals surface area contributed by atoms with E-state index in [1.165, 1.54) is 50.7 Å². The Bertz CT molecular complexity index is 6660. The second-order valence-electron chi connectivity index (χ2n) is 27.0. The summed E-state index contributed by atoms with van der Waals surface area (Å²) >= 11 is 0. The molecule has 40 heteroatoms. The molecule has 3 N–H and O–H groups in total. The van der Waals surface area contributed by atoms with E-state index in [0.29, 0.717) is 56.4 Å². The number of hydrogen-bond acceptors (Lipinski definition) is 32. The molecule has 0 aliphatic heterocycles. The first-order chi connectivity index (χ1) is 61.7. The Morgan fingerprint density at radius 2 is 0.758 bits per heavy atom. The second-order valence-corrected chi connectivity index (χ2v) is 28.5. The first kappa shape index (κ1) is 93.3. The maximum absolute atomic E-state index is 13.7. The SMILES string of the molecule is CCOC(=O)c1c(NCc2ccccc2OCOC)c2c(C)ncnc2n(OCc2ccccc2)c1=O.CCOC(=O)c1c(O)c2c(C)ncnc2n(OCc2ccccc2)c1=O.CCOC(=O)c1c(OS(=O)(=O)C(F)(F)F)c2c(C)ncnc2n(OCc2ccccc2)c1=O.COCOc1ccccc1CNc1cc(=O)n(OCc2ccccc2)c2ncnc(C)c12. The van der Waals surface area contributed by atoms with Crippen LogP contribution < -0.4 is 65.9 Å². The normalized spacial score (nSPS) is 11.1. The number of pyridine rings is 4. The van der Waals surface area contributed by atoms with Crippen LogP contribution in [0, 0.1) is 27.7 Å². The number of para-hydroxylation sites is 2. The molecule has 0 bridgehead atoms. The Balaban J connectivity index is 0.000000166. The van der Waals surface area contributed by atoms with Gasteiger partial charge in [0.1, 0.15) is 69.0 Å². The number of carbonyl (C=O) groups is 3. The van der Waals surface area contributed by atoms with Gasteiger partial charge in [-0.1, -0.05) is 158 Å². The molecule has 8 heterocycles. The van der Waals surface area contributed by atoms with Crippen molar-refractivity contribution in [3.8, 4) is 23.0 Å². The van der Waals surface area contributed by atoms with Crippen LogP contribution in [-0.4, -0.2) is 143 Å². The van der Waals surface area contributed by atoms with E-state index in [-0.39, 0.29) is 106 Å². The van der Waals surface area contributed by atoms with Crippen LogP contribution in [0.5, 0.6) is 23.0 Å². The molecule has 128 heavy (non-hydrogen) atoms. The zero-order valence-corrected chi connectivity index (χ0v) is 71.1.